The molecule has 1 unspecified atom stereocenters. The van der Waals surface area contributed by atoms with Gasteiger partial charge in [-0.1, -0.05) is 47.5 Å². The fourth-order valence-electron chi connectivity index (χ4n) is 4.27. The molecule has 0 spiro atoms. The van der Waals surface area contributed by atoms with Crippen LogP contribution in [-0.4, -0.2) is 41.5 Å². The molecule has 0 saturated carbocycles. The van der Waals surface area contributed by atoms with Crippen molar-refractivity contribution in [2.24, 2.45) is 5.92 Å². The summed E-state index contributed by atoms with van der Waals surface area (Å²) in [6, 6.07) is 12.9. The molecule has 6 heteroatoms. The quantitative estimate of drug-likeness (QED) is 0.755. The molecule has 0 radical (unpaired) electrons. The number of piperidine rings is 1. The van der Waals surface area contributed by atoms with E-state index in [0.29, 0.717) is 40.6 Å². The summed E-state index contributed by atoms with van der Waals surface area (Å²) in [4.78, 5) is 30.4. The predicted molar refractivity (Wildman–Crippen MR) is 118 cm³/mol. The highest BCUT2D eigenvalue weighted by Crippen LogP contribution is 2.38. The van der Waals surface area contributed by atoms with Crippen molar-refractivity contribution in [1.29, 1.82) is 0 Å². The lowest BCUT2D eigenvalue weighted by Crippen LogP contribution is -2.40. The molecule has 2 aromatic rings. The van der Waals surface area contributed by atoms with Gasteiger partial charge in [-0.15, -0.1) is 0 Å². The summed E-state index contributed by atoms with van der Waals surface area (Å²) in [5.74, 6) is -0.578. The van der Waals surface area contributed by atoms with Gasteiger partial charge in [-0.05, 0) is 55.9 Å². The Bertz CT molecular complexity index is 1030. The van der Waals surface area contributed by atoms with Crippen LogP contribution in [0.4, 0.5) is 5.69 Å². The highest BCUT2D eigenvalue weighted by atomic mass is 35.5. The highest BCUT2D eigenvalue weighted by Gasteiger charge is 2.43. The van der Waals surface area contributed by atoms with Gasteiger partial charge in [0.25, 0.3) is 11.8 Å². The minimum Gasteiger partial charge on any atom is -0.396 e. The molecule has 2 aliphatic rings. The number of hydrogen-bond donors (Lipinski definition) is 1. The number of likely N-dealkylation sites (tertiary alicyclic amines) is 1. The number of aryl methyl sites for hydroxylation is 1. The number of carbonyl (C=O) groups is 2. The topological polar surface area (TPSA) is 60.9 Å². The Hall–Kier alpha value is -2.63. The first-order valence-corrected chi connectivity index (χ1v) is 10.6. The van der Waals surface area contributed by atoms with E-state index in [1.54, 1.807) is 18.2 Å². The fourth-order valence-corrected chi connectivity index (χ4v) is 4.44. The number of rotatable bonds is 4. The zero-order valence-electron chi connectivity index (χ0n) is 17.2. The molecule has 2 heterocycles. The minimum atomic E-state index is -0.338. The molecule has 5 nitrogen and oxygen atoms in total. The third kappa shape index (κ3) is 3.53. The van der Waals surface area contributed by atoms with Crippen molar-refractivity contribution >= 4 is 34.7 Å². The van der Waals surface area contributed by atoms with Crippen LogP contribution in [0, 0.1) is 19.8 Å². The smallest absolute Gasteiger partial charge is 0.282 e. The molecule has 1 saturated heterocycles. The van der Waals surface area contributed by atoms with Crippen LogP contribution in [0.15, 0.2) is 48.2 Å². The van der Waals surface area contributed by atoms with Crippen molar-refractivity contribution in [3.05, 3.63) is 69.9 Å². The standard InChI is InChI=1S/C24H25ClN2O3/c1-15-8-10-18(11-9-15)21-22(26-12-4-5-17(13-26)14-28)24(30)27(23(21)29)20-7-3-6-19(25)16(20)2/h3,6-11,17,28H,4-5,12-14H2,1-2H3. The van der Waals surface area contributed by atoms with Crippen molar-refractivity contribution < 1.29 is 14.7 Å². The summed E-state index contributed by atoms with van der Waals surface area (Å²) < 4.78 is 0. The van der Waals surface area contributed by atoms with Gasteiger partial charge >= 0.3 is 0 Å². The van der Waals surface area contributed by atoms with Crippen LogP contribution in [0.2, 0.25) is 5.02 Å². The average molecular weight is 425 g/mol. The van der Waals surface area contributed by atoms with Crippen LogP contribution in [0.3, 0.4) is 0 Å². The summed E-state index contributed by atoms with van der Waals surface area (Å²) >= 11 is 6.28. The van der Waals surface area contributed by atoms with Crippen molar-refractivity contribution in [2.75, 3.05) is 24.6 Å². The van der Waals surface area contributed by atoms with Gasteiger partial charge in [0.05, 0.1) is 11.3 Å². The van der Waals surface area contributed by atoms with Gasteiger partial charge in [-0.25, -0.2) is 4.90 Å². The van der Waals surface area contributed by atoms with E-state index in [4.69, 9.17) is 11.6 Å². The summed E-state index contributed by atoms with van der Waals surface area (Å²) in [7, 11) is 0. The molecule has 0 aliphatic carbocycles. The Morgan fingerprint density at radius 1 is 1.07 bits per heavy atom. The molecule has 156 valence electrons. The first-order valence-electron chi connectivity index (χ1n) is 10.2. The Kier molecular flexibility index (Phi) is 5.67. The van der Waals surface area contributed by atoms with Gasteiger partial charge < -0.3 is 10.0 Å². The molecule has 4 rings (SSSR count). The SMILES string of the molecule is Cc1ccc(C2=C(N3CCCC(CO)C3)C(=O)N(c3cccc(Cl)c3C)C2=O)cc1. The second-order valence-corrected chi connectivity index (χ2v) is 8.46. The zero-order valence-corrected chi connectivity index (χ0v) is 17.9. The Morgan fingerprint density at radius 3 is 2.50 bits per heavy atom. The van der Waals surface area contributed by atoms with Crippen LogP contribution in [0.25, 0.3) is 5.57 Å². The highest BCUT2D eigenvalue weighted by molar-refractivity contribution is 6.46. The Labute approximate surface area is 181 Å². The van der Waals surface area contributed by atoms with Gasteiger partial charge in [-0.2, -0.15) is 0 Å². The number of hydrogen-bond acceptors (Lipinski definition) is 4. The van der Waals surface area contributed by atoms with E-state index < -0.39 is 0 Å². The molecule has 1 N–H and O–H groups in total. The van der Waals surface area contributed by atoms with E-state index >= 15 is 0 Å². The number of carbonyl (C=O) groups excluding carboxylic acids is 2. The number of aliphatic hydroxyl groups excluding tert-OH is 1. The Balaban J connectivity index is 1.84. The lowest BCUT2D eigenvalue weighted by Gasteiger charge is -2.34. The van der Waals surface area contributed by atoms with Crippen LogP contribution in [0.1, 0.15) is 29.5 Å². The van der Waals surface area contributed by atoms with Gasteiger partial charge in [0, 0.05) is 24.7 Å². The molecule has 1 fully saturated rings. The molecular formula is C24H25ClN2O3. The van der Waals surface area contributed by atoms with Crippen molar-refractivity contribution in [3.63, 3.8) is 0 Å². The van der Waals surface area contributed by atoms with Crippen LogP contribution in [-0.2, 0) is 9.59 Å². The van der Waals surface area contributed by atoms with Crippen LogP contribution < -0.4 is 4.90 Å². The maximum atomic E-state index is 13.6. The molecule has 0 bridgehead atoms. The van der Waals surface area contributed by atoms with E-state index in [1.165, 1.54) is 4.90 Å². The largest absolute Gasteiger partial charge is 0.396 e. The molecular weight excluding hydrogens is 400 g/mol. The maximum Gasteiger partial charge on any atom is 0.282 e. The van der Waals surface area contributed by atoms with E-state index in [0.717, 1.165) is 24.0 Å². The van der Waals surface area contributed by atoms with Gasteiger partial charge in [0.2, 0.25) is 0 Å². The summed E-state index contributed by atoms with van der Waals surface area (Å²) in [6.07, 6.45) is 1.78. The molecule has 2 amide bonds. The first-order chi connectivity index (χ1) is 14.4. The Morgan fingerprint density at radius 2 is 1.80 bits per heavy atom. The maximum absolute atomic E-state index is 13.6. The second-order valence-electron chi connectivity index (χ2n) is 8.06. The number of nitrogens with zero attached hydrogens (tertiary/aromatic N) is 2. The van der Waals surface area contributed by atoms with Crippen LogP contribution >= 0.6 is 11.6 Å². The normalized spacial score (nSPS) is 19.8. The lowest BCUT2D eigenvalue weighted by molar-refractivity contribution is -0.120. The van der Waals surface area contributed by atoms with E-state index in [-0.39, 0.29) is 24.3 Å². The number of amides is 2. The second kappa shape index (κ2) is 8.25. The van der Waals surface area contributed by atoms with E-state index in [1.807, 2.05) is 43.0 Å². The van der Waals surface area contributed by atoms with Gasteiger partial charge in [0.1, 0.15) is 5.70 Å². The average Bonchev–Trinajstić information content (AvgIpc) is 3.01. The number of halogens is 1. The molecule has 2 aliphatic heterocycles. The third-order valence-electron chi connectivity index (χ3n) is 5.97. The number of anilines is 1. The first kappa shape index (κ1) is 20.6. The summed E-state index contributed by atoms with van der Waals surface area (Å²) in [5.41, 5.74) is 3.84. The van der Waals surface area contributed by atoms with Crippen molar-refractivity contribution in [1.82, 2.24) is 4.90 Å². The summed E-state index contributed by atoms with van der Waals surface area (Å²) in [5, 5.41) is 10.2. The molecule has 1 atom stereocenters. The van der Waals surface area contributed by atoms with Gasteiger partial charge in [0.15, 0.2) is 0 Å². The van der Waals surface area contributed by atoms with Crippen molar-refractivity contribution in [3.8, 4) is 0 Å². The van der Waals surface area contributed by atoms with E-state index in [9.17, 15) is 14.7 Å². The zero-order chi connectivity index (χ0) is 21.4. The lowest BCUT2D eigenvalue weighted by atomic mass is 9.96. The van der Waals surface area contributed by atoms with Crippen molar-refractivity contribution in [2.45, 2.75) is 26.7 Å². The number of imide groups is 1. The van der Waals surface area contributed by atoms with E-state index in [2.05, 4.69) is 0 Å². The number of aliphatic hydroxyl groups is 1. The third-order valence-corrected chi connectivity index (χ3v) is 6.38. The number of benzene rings is 2. The monoisotopic (exact) mass is 424 g/mol. The van der Waals surface area contributed by atoms with Crippen LogP contribution in [0.5, 0.6) is 0 Å². The minimum absolute atomic E-state index is 0.0723. The summed E-state index contributed by atoms with van der Waals surface area (Å²) in [6.45, 7) is 5.11. The predicted octanol–water partition coefficient (Wildman–Crippen LogP) is 3.95. The molecule has 30 heavy (non-hydrogen) atoms. The molecule has 2 aromatic carbocycles. The molecule has 0 aromatic heterocycles. The van der Waals surface area contributed by atoms with Gasteiger partial charge in [-0.3, -0.25) is 9.59 Å². The fraction of sp³-hybridized carbons (Fsp3) is 0.333.